The average molecular weight is 326 g/mol. The summed E-state index contributed by atoms with van der Waals surface area (Å²) in [6.45, 7) is 6.06. The third-order valence-corrected chi connectivity index (χ3v) is 1.58. The van der Waals surface area contributed by atoms with Crippen molar-refractivity contribution in [1.82, 2.24) is 0 Å². The first kappa shape index (κ1) is 28.2. The summed E-state index contributed by atoms with van der Waals surface area (Å²) in [5.74, 6) is -2.50. The van der Waals surface area contributed by atoms with Crippen molar-refractivity contribution < 1.29 is 45.0 Å². The molecule has 9 nitrogen and oxygen atoms in total. The van der Waals surface area contributed by atoms with Gasteiger partial charge in [0.25, 0.3) is 17.9 Å². The standard InChI is InChI=1S/C7H14O3.3C2H4O2/c1-2-3-7(4-8,5-9)6-10;3*1-2(3)4/h2,8-10H,1,3-6H2;3*1H3,(H,3,4). The summed E-state index contributed by atoms with van der Waals surface area (Å²) in [4.78, 5) is 27.0. The van der Waals surface area contributed by atoms with Crippen molar-refractivity contribution in [2.75, 3.05) is 19.8 Å². The zero-order valence-electron chi connectivity index (χ0n) is 13.0. The number of aliphatic carboxylic acids is 3. The molecule has 0 bridgehead atoms. The van der Waals surface area contributed by atoms with Crippen LogP contribution in [0.15, 0.2) is 12.7 Å². The van der Waals surface area contributed by atoms with Crippen LogP contribution < -0.4 is 0 Å². The molecule has 0 aliphatic carbocycles. The number of carboxylic acid groups (broad SMARTS) is 3. The van der Waals surface area contributed by atoms with Gasteiger partial charge in [0.1, 0.15) is 0 Å². The van der Waals surface area contributed by atoms with E-state index in [1.165, 1.54) is 0 Å². The molecule has 22 heavy (non-hydrogen) atoms. The first-order valence-corrected chi connectivity index (χ1v) is 5.96. The maximum atomic E-state index is 9.00. The van der Waals surface area contributed by atoms with Crippen molar-refractivity contribution in [1.29, 1.82) is 0 Å². The number of aliphatic hydroxyl groups excluding tert-OH is 3. The summed E-state index contributed by atoms with van der Waals surface area (Å²) in [7, 11) is 0. The molecule has 0 saturated heterocycles. The van der Waals surface area contributed by atoms with Crippen LogP contribution in [0.4, 0.5) is 0 Å². The summed E-state index contributed by atoms with van der Waals surface area (Å²) in [5.41, 5.74) is -0.776. The molecular formula is C13H26O9. The van der Waals surface area contributed by atoms with Crippen molar-refractivity contribution >= 4 is 17.9 Å². The van der Waals surface area contributed by atoms with Crippen molar-refractivity contribution in [3.8, 4) is 0 Å². The number of hydrogen-bond acceptors (Lipinski definition) is 6. The summed E-state index contributed by atoms with van der Waals surface area (Å²) in [6, 6.07) is 0. The minimum atomic E-state index is -0.833. The van der Waals surface area contributed by atoms with Crippen LogP contribution in [0.2, 0.25) is 0 Å². The molecule has 0 heterocycles. The van der Waals surface area contributed by atoms with Crippen molar-refractivity contribution in [2.24, 2.45) is 5.41 Å². The Morgan fingerprint density at radius 2 is 1.00 bits per heavy atom. The Kier molecular flexibility index (Phi) is 24.4. The predicted molar refractivity (Wildman–Crippen MR) is 78.4 cm³/mol. The highest BCUT2D eigenvalue weighted by atomic mass is 16.4. The third-order valence-electron chi connectivity index (χ3n) is 1.58. The lowest BCUT2D eigenvalue weighted by atomic mass is 9.87. The van der Waals surface area contributed by atoms with Crippen molar-refractivity contribution in [3.63, 3.8) is 0 Å². The lowest BCUT2D eigenvalue weighted by Gasteiger charge is -2.25. The molecule has 6 N–H and O–H groups in total. The largest absolute Gasteiger partial charge is 0.481 e. The molecule has 0 fully saturated rings. The predicted octanol–water partition coefficient (Wildman–Crippen LogP) is -0.201. The van der Waals surface area contributed by atoms with Crippen LogP contribution in [0.3, 0.4) is 0 Å². The van der Waals surface area contributed by atoms with E-state index in [2.05, 4.69) is 6.58 Å². The molecule has 0 saturated carbocycles. The zero-order valence-corrected chi connectivity index (χ0v) is 13.0. The van der Waals surface area contributed by atoms with Crippen LogP contribution in [0.5, 0.6) is 0 Å². The Labute approximate surface area is 129 Å². The molecule has 0 aliphatic heterocycles. The summed E-state index contributed by atoms with van der Waals surface area (Å²) in [6.07, 6.45) is 2.00. The molecular weight excluding hydrogens is 300 g/mol. The summed E-state index contributed by atoms with van der Waals surface area (Å²) >= 11 is 0. The maximum absolute atomic E-state index is 9.00. The fourth-order valence-corrected chi connectivity index (χ4v) is 0.650. The van der Waals surface area contributed by atoms with Crippen LogP contribution in [-0.4, -0.2) is 68.4 Å². The van der Waals surface area contributed by atoms with Crippen LogP contribution in [-0.2, 0) is 14.4 Å². The van der Waals surface area contributed by atoms with Gasteiger partial charge in [-0.05, 0) is 6.42 Å². The third kappa shape index (κ3) is 43.0. The Balaban J connectivity index is -0.000000112. The van der Waals surface area contributed by atoms with Gasteiger partial charge in [-0.1, -0.05) is 6.08 Å². The Hall–Kier alpha value is -1.97. The molecule has 0 radical (unpaired) electrons. The second kappa shape index (κ2) is 19.0. The molecule has 0 unspecified atom stereocenters. The second-order valence-electron chi connectivity index (χ2n) is 4.02. The lowest BCUT2D eigenvalue weighted by Crippen LogP contribution is -2.33. The van der Waals surface area contributed by atoms with E-state index in [9.17, 15) is 0 Å². The molecule has 0 amide bonds. The van der Waals surface area contributed by atoms with Gasteiger partial charge < -0.3 is 30.6 Å². The first-order valence-electron chi connectivity index (χ1n) is 5.96. The van der Waals surface area contributed by atoms with Crippen LogP contribution in [0, 0.1) is 5.41 Å². The number of allylic oxidation sites excluding steroid dienone is 1. The first-order chi connectivity index (χ1) is 9.94. The molecule has 9 heteroatoms. The molecule has 0 aliphatic rings. The van der Waals surface area contributed by atoms with Gasteiger partial charge in [0.2, 0.25) is 0 Å². The smallest absolute Gasteiger partial charge is 0.300 e. The molecule has 0 rings (SSSR count). The lowest BCUT2D eigenvalue weighted by molar-refractivity contribution is -0.135. The SMILES string of the molecule is C=CCC(CO)(CO)CO.CC(=O)O.CC(=O)O.CC(=O)O. The molecule has 0 atom stereocenters. The maximum Gasteiger partial charge on any atom is 0.300 e. The Bertz CT molecular complexity index is 260. The second-order valence-corrected chi connectivity index (χ2v) is 4.02. The summed E-state index contributed by atoms with van der Waals surface area (Å²) < 4.78 is 0. The van der Waals surface area contributed by atoms with Crippen LogP contribution in [0.1, 0.15) is 27.2 Å². The summed E-state index contributed by atoms with van der Waals surface area (Å²) in [5, 5.41) is 48.5. The highest BCUT2D eigenvalue weighted by Gasteiger charge is 2.25. The molecule has 0 aromatic heterocycles. The highest BCUT2D eigenvalue weighted by Crippen LogP contribution is 2.19. The van der Waals surface area contributed by atoms with Crippen molar-refractivity contribution in [2.45, 2.75) is 27.2 Å². The van der Waals surface area contributed by atoms with Crippen molar-refractivity contribution in [3.05, 3.63) is 12.7 Å². The number of carbonyl (C=O) groups is 3. The quantitative estimate of drug-likeness (QED) is 0.374. The Morgan fingerprint density at radius 3 is 1.05 bits per heavy atom. The fourth-order valence-electron chi connectivity index (χ4n) is 0.650. The van der Waals surface area contributed by atoms with Gasteiger partial charge in [0.05, 0.1) is 19.8 Å². The van der Waals surface area contributed by atoms with E-state index in [0.29, 0.717) is 6.42 Å². The number of aliphatic hydroxyl groups is 3. The zero-order chi connectivity index (χ0) is 18.8. The van der Waals surface area contributed by atoms with E-state index in [4.69, 9.17) is 45.0 Å². The number of hydrogen-bond donors (Lipinski definition) is 6. The fraction of sp³-hybridized carbons (Fsp3) is 0.615. The van der Waals surface area contributed by atoms with Gasteiger partial charge in [-0.2, -0.15) is 0 Å². The van der Waals surface area contributed by atoms with Gasteiger partial charge in [-0.15, -0.1) is 6.58 Å². The molecule has 0 aromatic rings. The Morgan fingerprint density at radius 1 is 0.818 bits per heavy atom. The van der Waals surface area contributed by atoms with Gasteiger partial charge in [0.15, 0.2) is 0 Å². The van der Waals surface area contributed by atoms with E-state index in [1.54, 1.807) is 6.08 Å². The molecule has 132 valence electrons. The van der Waals surface area contributed by atoms with E-state index in [0.717, 1.165) is 20.8 Å². The van der Waals surface area contributed by atoms with Crippen LogP contribution in [0.25, 0.3) is 0 Å². The van der Waals surface area contributed by atoms with Gasteiger partial charge >= 0.3 is 0 Å². The highest BCUT2D eigenvalue weighted by molar-refractivity contribution is 5.63. The normalized spacial score (nSPS) is 8.64. The van der Waals surface area contributed by atoms with E-state index < -0.39 is 23.3 Å². The minimum absolute atomic E-state index is 0.216. The topological polar surface area (TPSA) is 173 Å². The van der Waals surface area contributed by atoms with Gasteiger partial charge in [-0.3, -0.25) is 14.4 Å². The average Bonchev–Trinajstić information content (AvgIpc) is 2.34. The van der Waals surface area contributed by atoms with Crippen LogP contribution >= 0.6 is 0 Å². The van der Waals surface area contributed by atoms with E-state index >= 15 is 0 Å². The molecule has 0 spiro atoms. The van der Waals surface area contributed by atoms with Gasteiger partial charge in [-0.25, -0.2) is 0 Å². The van der Waals surface area contributed by atoms with Gasteiger partial charge in [0, 0.05) is 26.2 Å². The number of rotatable bonds is 5. The van der Waals surface area contributed by atoms with E-state index in [1.807, 2.05) is 0 Å². The molecule has 0 aromatic carbocycles. The number of carboxylic acids is 3. The monoisotopic (exact) mass is 326 g/mol. The minimum Gasteiger partial charge on any atom is -0.481 e. The van der Waals surface area contributed by atoms with E-state index in [-0.39, 0.29) is 19.8 Å².